The molecule has 0 unspecified atom stereocenters. The van der Waals surface area contributed by atoms with Crippen LogP contribution < -0.4 is 5.32 Å². The molecule has 0 aromatic heterocycles. The van der Waals surface area contributed by atoms with E-state index in [4.69, 9.17) is 5.11 Å². The van der Waals surface area contributed by atoms with Crippen LogP contribution in [0.4, 0.5) is 5.69 Å². The zero-order valence-electron chi connectivity index (χ0n) is 6.76. The van der Waals surface area contributed by atoms with Gasteiger partial charge in [-0.1, -0.05) is 15.9 Å². The van der Waals surface area contributed by atoms with Crippen molar-refractivity contribution in [2.24, 2.45) is 0 Å². The molecule has 1 aromatic carbocycles. The predicted octanol–water partition coefficient (Wildman–Crippen LogP) is 2.24. The van der Waals surface area contributed by atoms with Gasteiger partial charge in [-0.25, -0.2) is 0 Å². The van der Waals surface area contributed by atoms with Crippen LogP contribution in [0.3, 0.4) is 0 Å². The van der Waals surface area contributed by atoms with E-state index in [0.29, 0.717) is 0 Å². The van der Waals surface area contributed by atoms with Gasteiger partial charge in [0.2, 0.25) is 0 Å². The van der Waals surface area contributed by atoms with Gasteiger partial charge in [0, 0.05) is 23.3 Å². The molecule has 0 saturated heterocycles. The number of hydrogen-bond donors (Lipinski definition) is 2. The van der Waals surface area contributed by atoms with Crippen molar-refractivity contribution in [1.82, 2.24) is 0 Å². The first-order valence-corrected chi connectivity index (χ1v) is 4.72. The Kier molecular flexibility index (Phi) is 4.11. The molecule has 2 N–H and O–H groups in total. The van der Waals surface area contributed by atoms with Crippen molar-refractivity contribution in [2.75, 3.05) is 18.5 Å². The van der Waals surface area contributed by atoms with Crippen LogP contribution in [0.25, 0.3) is 0 Å². The molecule has 1 rings (SSSR count). The summed E-state index contributed by atoms with van der Waals surface area (Å²) < 4.78 is 1.08. The third kappa shape index (κ3) is 3.24. The number of rotatable bonds is 4. The first kappa shape index (κ1) is 9.55. The average Bonchev–Trinajstić information content (AvgIpc) is 2.09. The van der Waals surface area contributed by atoms with Crippen molar-refractivity contribution in [1.29, 1.82) is 0 Å². The van der Waals surface area contributed by atoms with Crippen LogP contribution in [0.1, 0.15) is 6.42 Å². The number of aliphatic hydroxyl groups excluding tert-OH is 1. The average molecular weight is 230 g/mol. The molecule has 0 saturated carbocycles. The third-order valence-corrected chi connectivity index (χ3v) is 2.04. The van der Waals surface area contributed by atoms with Gasteiger partial charge in [0.1, 0.15) is 0 Å². The van der Waals surface area contributed by atoms with E-state index in [1.165, 1.54) is 0 Å². The van der Waals surface area contributed by atoms with Gasteiger partial charge in [0.05, 0.1) is 0 Å². The molecule has 0 radical (unpaired) electrons. The Balaban J connectivity index is 2.37. The minimum Gasteiger partial charge on any atom is -0.396 e. The molecule has 0 aliphatic heterocycles. The van der Waals surface area contributed by atoms with Crippen molar-refractivity contribution < 1.29 is 5.11 Å². The lowest BCUT2D eigenvalue weighted by atomic mass is 10.3. The highest BCUT2D eigenvalue weighted by atomic mass is 79.9. The molecule has 0 amide bonds. The van der Waals surface area contributed by atoms with E-state index >= 15 is 0 Å². The minimum absolute atomic E-state index is 0.240. The topological polar surface area (TPSA) is 32.3 Å². The van der Waals surface area contributed by atoms with Gasteiger partial charge in [-0.05, 0) is 30.7 Å². The lowest BCUT2D eigenvalue weighted by Crippen LogP contribution is -2.02. The second kappa shape index (κ2) is 5.17. The first-order chi connectivity index (χ1) is 5.83. The van der Waals surface area contributed by atoms with E-state index in [2.05, 4.69) is 21.2 Å². The SMILES string of the molecule is OCCCNc1ccc(Br)cc1. The summed E-state index contributed by atoms with van der Waals surface area (Å²) in [5.74, 6) is 0. The summed E-state index contributed by atoms with van der Waals surface area (Å²) in [7, 11) is 0. The fourth-order valence-corrected chi connectivity index (χ4v) is 1.14. The second-order valence-electron chi connectivity index (χ2n) is 2.51. The molecule has 0 bridgehead atoms. The van der Waals surface area contributed by atoms with Gasteiger partial charge in [-0.2, -0.15) is 0 Å². The van der Waals surface area contributed by atoms with Crippen LogP contribution >= 0.6 is 15.9 Å². The Morgan fingerprint density at radius 1 is 1.25 bits per heavy atom. The monoisotopic (exact) mass is 229 g/mol. The molecule has 1 aromatic rings. The predicted molar refractivity (Wildman–Crippen MR) is 54.3 cm³/mol. The maximum Gasteiger partial charge on any atom is 0.0447 e. The number of aliphatic hydroxyl groups is 1. The molecule has 0 atom stereocenters. The fourth-order valence-electron chi connectivity index (χ4n) is 0.880. The molecule has 2 nitrogen and oxygen atoms in total. The molecular weight excluding hydrogens is 218 g/mol. The summed E-state index contributed by atoms with van der Waals surface area (Å²) in [6.07, 6.45) is 0.788. The van der Waals surface area contributed by atoms with Crippen molar-refractivity contribution in [2.45, 2.75) is 6.42 Å². The smallest absolute Gasteiger partial charge is 0.0447 e. The number of benzene rings is 1. The Bertz CT molecular complexity index is 222. The lowest BCUT2D eigenvalue weighted by molar-refractivity contribution is 0.292. The van der Waals surface area contributed by atoms with E-state index in [1.54, 1.807) is 0 Å². The van der Waals surface area contributed by atoms with E-state index in [-0.39, 0.29) is 6.61 Å². The van der Waals surface area contributed by atoms with Crippen LogP contribution in [0.15, 0.2) is 28.7 Å². The molecule has 0 aliphatic rings. The van der Waals surface area contributed by atoms with E-state index < -0.39 is 0 Å². The molecule has 0 aliphatic carbocycles. The molecule has 0 fully saturated rings. The maximum absolute atomic E-state index is 8.54. The second-order valence-corrected chi connectivity index (χ2v) is 3.43. The van der Waals surface area contributed by atoms with Gasteiger partial charge in [-0.15, -0.1) is 0 Å². The summed E-state index contributed by atoms with van der Waals surface area (Å²) in [6.45, 7) is 1.06. The number of anilines is 1. The maximum atomic E-state index is 8.54. The lowest BCUT2D eigenvalue weighted by Gasteiger charge is -2.04. The number of hydrogen-bond acceptors (Lipinski definition) is 2. The third-order valence-electron chi connectivity index (χ3n) is 1.51. The largest absolute Gasteiger partial charge is 0.396 e. The molecular formula is C9H12BrNO. The van der Waals surface area contributed by atoms with Crippen LogP contribution in [0, 0.1) is 0 Å². The number of nitrogens with one attached hydrogen (secondary N) is 1. The van der Waals surface area contributed by atoms with Gasteiger partial charge in [-0.3, -0.25) is 0 Å². The first-order valence-electron chi connectivity index (χ1n) is 3.93. The number of halogens is 1. The normalized spacial score (nSPS) is 9.83. The van der Waals surface area contributed by atoms with Crippen LogP contribution in [-0.2, 0) is 0 Å². The molecule has 0 spiro atoms. The van der Waals surface area contributed by atoms with Crippen molar-refractivity contribution in [3.63, 3.8) is 0 Å². The summed E-state index contributed by atoms with van der Waals surface area (Å²) in [5.41, 5.74) is 1.09. The highest BCUT2D eigenvalue weighted by molar-refractivity contribution is 9.10. The zero-order valence-corrected chi connectivity index (χ0v) is 8.34. The Morgan fingerprint density at radius 2 is 1.92 bits per heavy atom. The van der Waals surface area contributed by atoms with E-state index in [1.807, 2.05) is 24.3 Å². The minimum atomic E-state index is 0.240. The zero-order chi connectivity index (χ0) is 8.81. The Labute approximate surface area is 80.7 Å². The summed E-state index contributed by atoms with van der Waals surface area (Å²) in [5, 5.41) is 11.7. The fraction of sp³-hybridized carbons (Fsp3) is 0.333. The van der Waals surface area contributed by atoms with Crippen LogP contribution in [-0.4, -0.2) is 18.3 Å². The summed E-state index contributed by atoms with van der Waals surface area (Å²) >= 11 is 3.36. The summed E-state index contributed by atoms with van der Waals surface area (Å²) in [6, 6.07) is 7.98. The van der Waals surface area contributed by atoms with Crippen molar-refractivity contribution in [3.05, 3.63) is 28.7 Å². The quantitative estimate of drug-likeness (QED) is 0.777. The van der Waals surface area contributed by atoms with E-state index in [0.717, 1.165) is 23.1 Å². The van der Waals surface area contributed by atoms with Crippen LogP contribution in [0.5, 0.6) is 0 Å². The molecule has 66 valence electrons. The van der Waals surface area contributed by atoms with Gasteiger partial charge in [0.25, 0.3) is 0 Å². The summed E-state index contributed by atoms with van der Waals surface area (Å²) in [4.78, 5) is 0. The molecule has 12 heavy (non-hydrogen) atoms. The Morgan fingerprint density at radius 3 is 2.50 bits per heavy atom. The molecule has 0 heterocycles. The van der Waals surface area contributed by atoms with Crippen molar-refractivity contribution >= 4 is 21.6 Å². The Hall–Kier alpha value is -0.540. The van der Waals surface area contributed by atoms with Gasteiger partial charge in [0.15, 0.2) is 0 Å². The molecule has 3 heteroatoms. The van der Waals surface area contributed by atoms with E-state index in [9.17, 15) is 0 Å². The van der Waals surface area contributed by atoms with Crippen molar-refractivity contribution in [3.8, 4) is 0 Å². The van der Waals surface area contributed by atoms with Crippen LogP contribution in [0.2, 0.25) is 0 Å². The van der Waals surface area contributed by atoms with Gasteiger partial charge < -0.3 is 10.4 Å². The standard InChI is InChI=1S/C9H12BrNO/c10-8-2-4-9(5-3-8)11-6-1-7-12/h2-5,11-12H,1,6-7H2. The van der Waals surface area contributed by atoms with Gasteiger partial charge >= 0.3 is 0 Å². The highest BCUT2D eigenvalue weighted by Gasteiger charge is 1.90. The highest BCUT2D eigenvalue weighted by Crippen LogP contribution is 2.13.